The van der Waals surface area contributed by atoms with Crippen LogP contribution in [0.25, 0.3) is 0 Å². The van der Waals surface area contributed by atoms with Crippen LogP contribution in [0.15, 0.2) is 0 Å². The smallest absolute Gasteiger partial charge is 0.0304 e. The van der Waals surface area contributed by atoms with Gasteiger partial charge in [-0.25, -0.2) is 0 Å². The normalized spacial score (nSPS) is 48.8. The first kappa shape index (κ1) is 12.9. The van der Waals surface area contributed by atoms with Crippen molar-refractivity contribution in [3.8, 4) is 0 Å². The first-order valence-corrected chi connectivity index (χ1v) is 8.09. The minimum Gasteiger partial charge on any atom is -0.311 e. The van der Waals surface area contributed by atoms with Crippen LogP contribution in [-0.2, 0) is 0 Å². The van der Waals surface area contributed by atoms with Crippen molar-refractivity contribution >= 4 is 0 Å². The molecule has 3 rings (SSSR count). The second-order valence-corrected chi connectivity index (χ2v) is 7.47. The molecule has 0 amide bonds. The molecule has 2 nitrogen and oxygen atoms in total. The van der Waals surface area contributed by atoms with E-state index in [1.165, 1.54) is 45.3 Å². The van der Waals surface area contributed by atoms with Crippen molar-refractivity contribution in [1.29, 1.82) is 0 Å². The fourth-order valence-electron chi connectivity index (χ4n) is 4.65. The van der Waals surface area contributed by atoms with Crippen molar-refractivity contribution in [1.82, 2.24) is 10.2 Å². The van der Waals surface area contributed by atoms with E-state index in [4.69, 9.17) is 0 Å². The van der Waals surface area contributed by atoms with Crippen LogP contribution in [0.5, 0.6) is 0 Å². The van der Waals surface area contributed by atoms with Gasteiger partial charge in [0.05, 0.1) is 0 Å². The predicted octanol–water partition coefficient (Wildman–Crippen LogP) is 2.89. The fraction of sp³-hybridized carbons (Fsp3) is 1.00. The molecule has 5 atom stereocenters. The Kier molecular flexibility index (Phi) is 3.44. The van der Waals surface area contributed by atoms with Gasteiger partial charge in [0.15, 0.2) is 0 Å². The monoisotopic (exact) mass is 250 g/mol. The molecule has 18 heavy (non-hydrogen) atoms. The highest BCUT2D eigenvalue weighted by molar-refractivity contribution is 4.98. The van der Waals surface area contributed by atoms with E-state index in [0.29, 0.717) is 11.6 Å². The summed E-state index contributed by atoms with van der Waals surface area (Å²) in [4.78, 5) is 2.82. The molecule has 0 aromatic carbocycles. The van der Waals surface area contributed by atoms with Crippen molar-refractivity contribution in [2.45, 2.75) is 64.5 Å². The minimum absolute atomic E-state index is 0.397. The summed E-state index contributed by atoms with van der Waals surface area (Å²) in [6.45, 7) is 10.9. The van der Waals surface area contributed by atoms with Crippen LogP contribution in [-0.4, -0.2) is 36.1 Å². The predicted molar refractivity (Wildman–Crippen MR) is 76.7 cm³/mol. The second kappa shape index (κ2) is 4.79. The van der Waals surface area contributed by atoms with Gasteiger partial charge in [0, 0.05) is 31.2 Å². The number of hydrogen-bond donors (Lipinski definition) is 1. The van der Waals surface area contributed by atoms with Crippen LogP contribution in [0, 0.1) is 17.8 Å². The minimum atomic E-state index is 0.397. The van der Waals surface area contributed by atoms with Gasteiger partial charge in [-0.3, -0.25) is 4.90 Å². The summed E-state index contributed by atoms with van der Waals surface area (Å²) in [5.74, 6) is 3.18. The van der Waals surface area contributed by atoms with Crippen LogP contribution in [0.2, 0.25) is 0 Å². The molecule has 1 heterocycles. The molecular formula is C16H30N2. The van der Waals surface area contributed by atoms with Crippen LogP contribution in [0.1, 0.15) is 52.9 Å². The van der Waals surface area contributed by atoms with E-state index in [1.54, 1.807) is 6.42 Å². The molecule has 2 heteroatoms. The first-order chi connectivity index (χ1) is 8.60. The zero-order valence-corrected chi connectivity index (χ0v) is 12.4. The molecule has 0 radical (unpaired) electrons. The topological polar surface area (TPSA) is 15.3 Å². The van der Waals surface area contributed by atoms with E-state index >= 15 is 0 Å². The van der Waals surface area contributed by atoms with Gasteiger partial charge >= 0.3 is 0 Å². The van der Waals surface area contributed by atoms with E-state index in [9.17, 15) is 0 Å². The van der Waals surface area contributed by atoms with E-state index in [-0.39, 0.29) is 0 Å². The molecule has 5 unspecified atom stereocenters. The van der Waals surface area contributed by atoms with Crippen LogP contribution in [0.4, 0.5) is 0 Å². The summed E-state index contributed by atoms with van der Waals surface area (Å²) in [6, 6.07) is 0.670. The highest BCUT2D eigenvalue weighted by Crippen LogP contribution is 2.49. The zero-order valence-electron chi connectivity index (χ0n) is 12.4. The Morgan fingerprint density at radius 1 is 1.28 bits per heavy atom. The van der Waals surface area contributed by atoms with Gasteiger partial charge in [-0.2, -0.15) is 0 Å². The molecule has 1 saturated heterocycles. The highest BCUT2D eigenvalue weighted by atomic mass is 15.3. The summed E-state index contributed by atoms with van der Waals surface area (Å²) in [7, 11) is 0. The number of nitrogens with zero attached hydrogens (tertiary/aromatic N) is 1. The third-order valence-electron chi connectivity index (χ3n) is 6.19. The molecule has 3 fully saturated rings. The number of hydrogen-bond acceptors (Lipinski definition) is 2. The molecule has 2 bridgehead atoms. The average Bonchev–Trinajstić information content (AvgIpc) is 2.96. The Morgan fingerprint density at radius 2 is 2.11 bits per heavy atom. The van der Waals surface area contributed by atoms with Gasteiger partial charge < -0.3 is 5.32 Å². The van der Waals surface area contributed by atoms with Crippen molar-refractivity contribution in [3.05, 3.63) is 0 Å². The molecule has 3 aliphatic rings. The standard InChI is InChI=1S/C16H30N2/c1-4-16(3)11-17-12(2)9-18(16)10-15-8-13-5-6-14(15)7-13/h12-15,17H,4-11H2,1-3H3. The van der Waals surface area contributed by atoms with Gasteiger partial charge in [-0.05, 0) is 57.3 Å². The summed E-state index contributed by atoms with van der Waals surface area (Å²) >= 11 is 0. The Morgan fingerprint density at radius 3 is 2.72 bits per heavy atom. The van der Waals surface area contributed by atoms with Crippen molar-refractivity contribution in [3.63, 3.8) is 0 Å². The van der Waals surface area contributed by atoms with E-state index in [0.717, 1.165) is 17.8 Å². The zero-order chi connectivity index (χ0) is 12.8. The molecule has 0 aromatic rings. The molecular weight excluding hydrogens is 220 g/mol. The first-order valence-electron chi connectivity index (χ1n) is 8.09. The maximum atomic E-state index is 3.67. The Balaban J connectivity index is 1.65. The van der Waals surface area contributed by atoms with E-state index in [2.05, 4.69) is 31.0 Å². The molecule has 104 valence electrons. The summed E-state index contributed by atoms with van der Waals surface area (Å²) in [5, 5.41) is 3.67. The molecule has 0 spiro atoms. The lowest BCUT2D eigenvalue weighted by Gasteiger charge is -2.49. The van der Waals surface area contributed by atoms with Crippen molar-refractivity contribution < 1.29 is 0 Å². The van der Waals surface area contributed by atoms with Gasteiger partial charge in [0.25, 0.3) is 0 Å². The van der Waals surface area contributed by atoms with Crippen molar-refractivity contribution in [2.24, 2.45) is 17.8 Å². The maximum absolute atomic E-state index is 3.67. The molecule has 0 aromatic heterocycles. The van der Waals surface area contributed by atoms with Gasteiger partial charge in [0.1, 0.15) is 0 Å². The number of piperazine rings is 1. The summed E-state index contributed by atoms with van der Waals surface area (Å²) < 4.78 is 0. The molecule has 1 aliphatic heterocycles. The van der Waals surface area contributed by atoms with Crippen LogP contribution < -0.4 is 5.32 Å². The van der Waals surface area contributed by atoms with E-state index < -0.39 is 0 Å². The number of nitrogens with one attached hydrogen (secondary N) is 1. The van der Waals surface area contributed by atoms with Crippen molar-refractivity contribution in [2.75, 3.05) is 19.6 Å². The summed E-state index contributed by atoms with van der Waals surface area (Å²) in [6.07, 6.45) is 7.41. The second-order valence-electron chi connectivity index (χ2n) is 7.47. The van der Waals surface area contributed by atoms with Gasteiger partial charge in [-0.1, -0.05) is 13.3 Å². The fourth-order valence-corrected chi connectivity index (χ4v) is 4.65. The number of fused-ring (bicyclic) bond motifs is 2. The number of rotatable bonds is 3. The third-order valence-corrected chi connectivity index (χ3v) is 6.19. The SMILES string of the molecule is CCC1(C)CNC(C)CN1CC1CC2CCC1C2. The Hall–Kier alpha value is -0.0800. The highest BCUT2D eigenvalue weighted by Gasteiger charge is 2.43. The van der Waals surface area contributed by atoms with Gasteiger partial charge in [0.2, 0.25) is 0 Å². The quantitative estimate of drug-likeness (QED) is 0.828. The molecule has 2 saturated carbocycles. The average molecular weight is 250 g/mol. The lowest BCUT2D eigenvalue weighted by Crippen LogP contribution is -2.63. The van der Waals surface area contributed by atoms with Crippen LogP contribution in [0.3, 0.4) is 0 Å². The lowest BCUT2D eigenvalue weighted by molar-refractivity contribution is 0.0297. The summed E-state index contributed by atoms with van der Waals surface area (Å²) in [5.41, 5.74) is 0.397. The van der Waals surface area contributed by atoms with Crippen LogP contribution >= 0.6 is 0 Å². The third kappa shape index (κ3) is 2.22. The van der Waals surface area contributed by atoms with Gasteiger partial charge in [-0.15, -0.1) is 0 Å². The molecule has 2 aliphatic carbocycles. The van der Waals surface area contributed by atoms with E-state index in [1.807, 2.05) is 0 Å². The Bertz CT molecular complexity index is 303. The lowest BCUT2D eigenvalue weighted by atomic mass is 9.85. The largest absolute Gasteiger partial charge is 0.311 e. The molecule has 1 N–H and O–H groups in total. The maximum Gasteiger partial charge on any atom is 0.0304 e. The Labute approximate surface area is 113 Å².